The van der Waals surface area contributed by atoms with Gasteiger partial charge in [-0.15, -0.1) is 10.2 Å². The van der Waals surface area contributed by atoms with Gasteiger partial charge in [0.1, 0.15) is 6.04 Å². The van der Waals surface area contributed by atoms with Crippen LogP contribution in [-0.4, -0.2) is 46.0 Å². The zero-order valence-electron chi connectivity index (χ0n) is 16.7. The van der Waals surface area contributed by atoms with Gasteiger partial charge < -0.3 is 14.6 Å². The van der Waals surface area contributed by atoms with Crippen molar-refractivity contribution in [3.8, 4) is 0 Å². The third kappa shape index (κ3) is 4.83. The molecular weight excluding hydrogens is 368 g/mol. The lowest BCUT2D eigenvalue weighted by Gasteiger charge is -2.35. The predicted molar refractivity (Wildman–Crippen MR) is 107 cm³/mol. The van der Waals surface area contributed by atoms with Gasteiger partial charge in [0, 0.05) is 38.3 Å². The number of hydrogen-bond donors (Lipinski definition) is 1. The molecule has 0 bridgehead atoms. The molecule has 1 aromatic carbocycles. The van der Waals surface area contributed by atoms with Gasteiger partial charge in [0.2, 0.25) is 23.6 Å². The number of carbonyl (C=O) groups is 2. The number of amides is 2. The summed E-state index contributed by atoms with van der Waals surface area (Å²) in [5.74, 6) is 1.46. The zero-order valence-corrected chi connectivity index (χ0v) is 16.7. The molecule has 2 amide bonds. The Bertz CT molecular complexity index is 830. The molecule has 7 nitrogen and oxygen atoms in total. The van der Waals surface area contributed by atoms with E-state index in [0.29, 0.717) is 43.6 Å². The van der Waals surface area contributed by atoms with Gasteiger partial charge in [-0.3, -0.25) is 9.59 Å². The van der Waals surface area contributed by atoms with E-state index in [1.165, 1.54) is 19.3 Å². The van der Waals surface area contributed by atoms with E-state index in [2.05, 4.69) is 15.5 Å². The number of nitrogens with zero attached hydrogens (tertiary/aromatic N) is 3. The number of benzene rings is 1. The number of piperazine rings is 1. The molecule has 2 fully saturated rings. The normalized spacial score (nSPS) is 20.5. The Kier molecular flexibility index (Phi) is 6.22. The van der Waals surface area contributed by atoms with Gasteiger partial charge in [-0.1, -0.05) is 49.6 Å². The van der Waals surface area contributed by atoms with Gasteiger partial charge >= 0.3 is 0 Å². The Hall–Kier alpha value is -2.70. The summed E-state index contributed by atoms with van der Waals surface area (Å²) in [7, 11) is 0. The number of carbonyl (C=O) groups excluding carboxylic acids is 2. The van der Waals surface area contributed by atoms with Crippen molar-refractivity contribution in [3.63, 3.8) is 0 Å². The highest BCUT2D eigenvalue weighted by molar-refractivity contribution is 5.89. The quantitative estimate of drug-likeness (QED) is 0.811. The first kappa shape index (κ1) is 19.6. The molecule has 2 aliphatic rings. The van der Waals surface area contributed by atoms with Crippen molar-refractivity contribution in [1.82, 2.24) is 20.4 Å². The van der Waals surface area contributed by atoms with Gasteiger partial charge in [0.05, 0.1) is 0 Å². The Morgan fingerprint density at radius 2 is 1.93 bits per heavy atom. The highest BCUT2D eigenvalue weighted by Crippen LogP contribution is 2.31. The van der Waals surface area contributed by atoms with Gasteiger partial charge in [-0.25, -0.2) is 0 Å². The summed E-state index contributed by atoms with van der Waals surface area (Å²) in [6, 6.07) is 9.33. The van der Waals surface area contributed by atoms with Crippen LogP contribution >= 0.6 is 0 Å². The van der Waals surface area contributed by atoms with Crippen molar-refractivity contribution in [2.75, 3.05) is 13.1 Å². The Labute approximate surface area is 170 Å². The van der Waals surface area contributed by atoms with E-state index < -0.39 is 6.04 Å². The summed E-state index contributed by atoms with van der Waals surface area (Å²) < 4.78 is 5.83. The van der Waals surface area contributed by atoms with E-state index in [0.717, 1.165) is 18.4 Å². The van der Waals surface area contributed by atoms with E-state index in [4.69, 9.17) is 4.42 Å². The molecule has 2 aromatic rings. The second-order valence-electron chi connectivity index (χ2n) is 7.95. The lowest BCUT2D eigenvalue weighted by Crippen LogP contribution is -2.58. The maximum Gasteiger partial charge on any atom is 0.243 e. The first-order chi connectivity index (χ1) is 14.2. The molecule has 1 unspecified atom stereocenters. The van der Waals surface area contributed by atoms with E-state index in [1.807, 2.05) is 30.3 Å². The molecule has 4 rings (SSSR count). The molecule has 1 aliphatic carbocycles. The van der Waals surface area contributed by atoms with Crippen LogP contribution in [0.4, 0.5) is 0 Å². The van der Waals surface area contributed by atoms with Crippen LogP contribution in [0.5, 0.6) is 0 Å². The summed E-state index contributed by atoms with van der Waals surface area (Å²) >= 11 is 0. The molecule has 0 radical (unpaired) electrons. The van der Waals surface area contributed by atoms with Crippen molar-refractivity contribution >= 4 is 11.8 Å². The number of nitrogens with one attached hydrogen (secondary N) is 1. The second kappa shape index (κ2) is 9.20. The van der Waals surface area contributed by atoms with E-state index in [-0.39, 0.29) is 18.2 Å². The molecule has 1 atom stereocenters. The Morgan fingerprint density at radius 3 is 2.72 bits per heavy atom. The number of rotatable bonds is 6. The van der Waals surface area contributed by atoms with Crippen molar-refractivity contribution in [3.05, 3.63) is 47.7 Å². The van der Waals surface area contributed by atoms with Crippen LogP contribution in [0.25, 0.3) is 0 Å². The fourth-order valence-electron chi connectivity index (χ4n) is 4.29. The Morgan fingerprint density at radius 1 is 1.14 bits per heavy atom. The topological polar surface area (TPSA) is 88.3 Å². The number of aryl methyl sites for hydroxylation is 1. The minimum Gasteiger partial charge on any atom is -0.425 e. The molecule has 1 aliphatic heterocycles. The molecule has 7 heteroatoms. The number of aromatic nitrogens is 2. The van der Waals surface area contributed by atoms with Crippen LogP contribution in [0, 0.1) is 0 Å². The SMILES string of the molecule is O=C1NCCN(C(=O)CCc2nnc(C3CCCCC3)o2)C1Cc1ccccc1. The minimum atomic E-state index is -0.473. The smallest absolute Gasteiger partial charge is 0.243 e. The van der Waals surface area contributed by atoms with Crippen LogP contribution in [0.3, 0.4) is 0 Å². The van der Waals surface area contributed by atoms with Crippen LogP contribution < -0.4 is 5.32 Å². The molecule has 2 heterocycles. The maximum absolute atomic E-state index is 12.9. The lowest BCUT2D eigenvalue weighted by atomic mass is 9.89. The molecule has 29 heavy (non-hydrogen) atoms. The maximum atomic E-state index is 12.9. The summed E-state index contributed by atoms with van der Waals surface area (Å²) in [6.45, 7) is 1.02. The van der Waals surface area contributed by atoms with Gasteiger partial charge in [0.25, 0.3) is 0 Å². The van der Waals surface area contributed by atoms with Crippen LogP contribution in [-0.2, 0) is 22.4 Å². The lowest BCUT2D eigenvalue weighted by molar-refractivity contribution is -0.143. The zero-order chi connectivity index (χ0) is 20.1. The van der Waals surface area contributed by atoms with Crippen molar-refractivity contribution in [2.24, 2.45) is 0 Å². The van der Waals surface area contributed by atoms with E-state index in [1.54, 1.807) is 4.90 Å². The fraction of sp³-hybridized carbons (Fsp3) is 0.545. The van der Waals surface area contributed by atoms with Crippen molar-refractivity contribution in [2.45, 2.75) is 63.3 Å². The summed E-state index contributed by atoms with van der Waals surface area (Å²) in [6.07, 6.45) is 7.10. The molecule has 1 saturated heterocycles. The molecule has 1 aromatic heterocycles. The third-order valence-electron chi connectivity index (χ3n) is 5.91. The standard InChI is InChI=1S/C22H28N4O3/c27-20(12-11-19-24-25-22(29-19)17-9-5-2-6-10-17)26-14-13-23-21(28)18(26)15-16-7-3-1-4-8-16/h1,3-4,7-8,17-18H,2,5-6,9-15H2,(H,23,28). The van der Waals surface area contributed by atoms with Gasteiger partial charge in [-0.05, 0) is 18.4 Å². The highest BCUT2D eigenvalue weighted by atomic mass is 16.4. The summed E-state index contributed by atoms with van der Waals surface area (Å²) in [5.41, 5.74) is 1.04. The number of hydrogen-bond acceptors (Lipinski definition) is 5. The molecule has 1 saturated carbocycles. The summed E-state index contributed by atoms with van der Waals surface area (Å²) in [4.78, 5) is 27.0. The van der Waals surface area contributed by atoms with Crippen LogP contribution in [0.15, 0.2) is 34.7 Å². The summed E-state index contributed by atoms with van der Waals surface area (Å²) in [5, 5.41) is 11.2. The minimum absolute atomic E-state index is 0.0433. The van der Waals surface area contributed by atoms with Gasteiger partial charge in [0.15, 0.2) is 0 Å². The van der Waals surface area contributed by atoms with Crippen molar-refractivity contribution in [1.29, 1.82) is 0 Å². The largest absolute Gasteiger partial charge is 0.425 e. The monoisotopic (exact) mass is 396 g/mol. The first-order valence-electron chi connectivity index (χ1n) is 10.6. The van der Waals surface area contributed by atoms with Gasteiger partial charge in [-0.2, -0.15) is 0 Å². The Balaban J connectivity index is 1.36. The molecule has 154 valence electrons. The van der Waals surface area contributed by atoms with E-state index >= 15 is 0 Å². The third-order valence-corrected chi connectivity index (χ3v) is 5.91. The average molecular weight is 396 g/mol. The van der Waals surface area contributed by atoms with Crippen molar-refractivity contribution < 1.29 is 14.0 Å². The highest BCUT2D eigenvalue weighted by Gasteiger charge is 2.33. The first-order valence-corrected chi connectivity index (χ1v) is 10.6. The average Bonchev–Trinajstić information content (AvgIpc) is 3.24. The molecule has 1 N–H and O–H groups in total. The van der Waals surface area contributed by atoms with Crippen LogP contribution in [0.2, 0.25) is 0 Å². The fourth-order valence-corrected chi connectivity index (χ4v) is 4.29. The molecule has 0 spiro atoms. The molecular formula is C22H28N4O3. The van der Waals surface area contributed by atoms with Crippen LogP contribution in [0.1, 0.15) is 61.8 Å². The predicted octanol–water partition coefficient (Wildman–Crippen LogP) is 2.62. The second-order valence-corrected chi connectivity index (χ2v) is 7.95. The van der Waals surface area contributed by atoms with E-state index in [9.17, 15) is 9.59 Å².